The Kier molecular flexibility index (Phi) is 8.02. The molecule has 2 aromatic rings. The Balaban J connectivity index is 1.99. The normalized spacial score (nSPS) is 11.2. The van der Waals surface area contributed by atoms with Crippen molar-refractivity contribution in [3.05, 3.63) is 59.7 Å². The third-order valence-corrected chi connectivity index (χ3v) is 3.81. The summed E-state index contributed by atoms with van der Waals surface area (Å²) in [6.07, 6.45) is -1.23. The van der Waals surface area contributed by atoms with E-state index in [1.165, 1.54) is 6.07 Å². The molecule has 1 unspecified atom stereocenters. The second kappa shape index (κ2) is 10.7. The standard InChI is InChI=1S/C21H24N2O6/c1-3-27-16-11-10-15(12-17(16)28-4-2)21(26)23-13-18(24)29-19(20(22)25)14-8-6-5-7-9-14/h5-12,19H,3-4,13H2,1-2H3,(H2,22,25)(H,23,26). The van der Waals surface area contributed by atoms with E-state index in [0.717, 1.165) is 0 Å². The predicted molar refractivity (Wildman–Crippen MR) is 106 cm³/mol. The number of benzene rings is 2. The van der Waals surface area contributed by atoms with Gasteiger partial charge in [0.1, 0.15) is 6.54 Å². The average Bonchev–Trinajstić information content (AvgIpc) is 2.72. The molecule has 2 rings (SSSR count). The van der Waals surface area contributed by atoms with Gasteiger partial charge in [0.2, 0.25) is 6.10 Å². The Morgan fingerprint density at radius 1 is 0.966 bits per heavy atom. The van der Waals surface area contributed by atoms with Crippen molar-refractivity contribution < 1.29 is 28.6 Å². The van der Waals surface area contributed by atoms with E-state index in [0.29, 0.717) is 35.8 Å². The van der Waals surface area contributed by atoms with E-state index in [1.54, 1.807) is 42.5 Å². The van der Waals surface area contributed by atoms with Crippen LogP contribution in [0.3, 0.4) is 0 Å². The monoisotopic (exact) mass is 400 g/mol. The van der Waals surface area contributed by atoms with Crippen molar-refractivity contribution >= 4 is 17.8 Å². The molecular weight excluding hydrogens is 376 g/mol. The van der Waals surface area contributed by atoms with Crippen LogP contribution in [-0.2, 0) is 14.3 Å². The number of primary amides is 1. The van der Waals surface area contributed by atoms with Crippen LogP contribution >= 0.6 is 0 Å². The maximum absolute atomic E-state index is 12.4. The lowest BCUT2D eigenvalue weighted by atomic mass is 10.1. The number of carbonyl (C=O) groups is 3. The molecule has 0 bridgehead atoms. The average molecular weight is 400 g/mol. The zero-order valence-electron chi connectivity index (χ0n) is 16.3. The lowest BCUT2D eigenvalue weighted by Crippen LogP contribution is -2.33. The molecular formula is C21H24N2O6. The van der Waals surface area contributed by atoms with Crippen molar-refractivity contribution in [3.8, 4) is 11.5 Å². The van der Waals surface area contributed by atoms with Crippen molar-refractivity contribution in [2.45, 2.75) is 20.0 Å². The minimum absolute atomic E-state index is 0.291. The second-order valence-electron chi connectivity index (χ2n) is 5.89. The number of amides is 2. The number of ether oxygens (including phenoxy) is 3. The third-order valence-electron chi connectivity index (χ3n) is 3.81. The summed E-state index contributed by atoms with van der Waals surface area (Å²) >= 11 is 0. The first-order chi connectivity index (χ1) is 14.0. The van der Waals surface area contributed by atoms with Crippen LogP contribution in [-0.4, -0.2) is 37.5 Å². The van der Waals surface area contributed by atoms with Gasteiger partial charge in [0.05, 0.1) is 13.2 Å². The lowest BCUT2D eigenvalue weighted by Gasteiger charge is -2.15. The van der Waals surface area contributed by atoms with Crippen LogP contribution in [0.5, 0.6) is 11.5 Å². The summed E-state index contributed by atoms with van der Waals surface area (Å²) in [5.41, 5.74) is 6.06. The Morgan fingerprint density at radius 3 is 2.24 bits per heavy atom. The van der Waals surface area contributed by atoms with Gasteiger partial charge in [-0.3, -0.25) is 14.4 Å². The van der Waals surface area contributed by atoms with Crippen LogP contribution in [0.25, 0.3) is 0 Å². The van der Waals surface area contributed by atoms with E-state index in [9.17, 15) is 14.4 Å². The highest BCUT2D eigenvalue weighted by Gasteiger charge is 2.22. The molecule has 0 heterocycles. The van der Waals surface area contributed by atoms with Gasteiger partial charge < -0.3 is 25.3 Å². The molecule has 0 saturated carbocycles. The topological polar surface area (TPSA) is 117 Å². The van der Waals surface area contributed by atoms with Crippen molar-refractivity contribution in [1.82, 2.24) is 5.32 Å². The molecule has 0 aliphatic carbocycles. The molecule has 29 heavy (non-hydrogen) atoms. The summed E-state index contributed by atoms with van der Waals surface area (Å²) in [6.45, 7) is 4.11. The Labute approximate surface area is 168 Å². The lowest BCUT2D eigenvalue weighted by molar-refractivity contribution is -0.154. The fourth-order valence-electron chi connectivity index (χ4n) is 2.54. The minimum Gasteiger partial charge on any atom is -0.490 e. The molecule has 8 heteroatoms. The van der Waals surface area contributed by atoms with Crippen molar-refractivity contribution in [1.29, 1.82) is 0 Å². The van der Waals surface area contributed by atoms with Gasteiger partial charge in [-0.2, -0.15) is 0 Å². The summed E-state index contributed by atoms with van der Waals surface area (Å²) in [6, 6.07) is 13.1. The molecule has 0 aliphatic heterocycles. The third kappa shape index (κ3) is 6.24. The summed E-state index contributed by atoms with van der Waals surface area (Å²) in [7, 11) is 0. The van der Waals surface area contributed by atoms with Gasteiger partial charge in [0, 0.05) is 11.1 Å². The molecule has 0 radical (unpaired) electrons. The summed E-state index contributed by atoms with van der Waals surface area (Å²) in [5, 5.41) is 2.45. The quantitative estimate of drug-likeness (QED) is 0.589. The van der Waals surface area contributed by atoms with Gasteiger partial charge in [0.15, 0.2) is 11.5 Å². The molecule has 0 fully saturated rings. The fraction of sp³-hybridized carbons (Fsp3) is 0.286. The number of carbonyl (C=O) groups excluding carboxylic acids is 3. The van der Waals surface area contributed by atoms with Gasteiger partial charge in [-0.1, -0.05) is 30.3 Å². The van der Waals surface area contributed by atoms with Crippen molar-refractivity contribution in [3.63, 3.8) is 0 Å². The number of esters is 1. The van der Waals surface area contributed by atoms with E-state index < -0.39 is 30.4 Å². The predicted octanol–water partition coefficient (Wildman–Crippen LogP) is 1.98. The Hall–Kier alpha value is -3.55. The number of rotatable bonds is 10. The summed E-state index contributed by atoms with van der Waals surface area (Å²) < 4.78 is 16.1. The smallest absolute Gasteiger partial charge is 0.326 e. The van der Waals surface area contributed by atoms with Crippen LogP contribution in [0.15, 0.2) is 48.5 Å². The van der Waals surface area contributed by atoms with Crippen LogP contribution in [0.2, 0.25) is 0 Å². The molecule has 154 valence electrons. The van der Waals surface area contributed by atoms with E-state index >= 15 is 0 Å². The molecule has 2 amide bonds. The Morgan fingerprint density at radius 2 is 1.62 bits per heavy atom. The minimum atomic E-state index is -1.23. The van der Waals surface area contributed by atoms with Gasteiger partial charge in [-0.05, 0) is 32.0 Å². The first-order valence-electron chi connectivity index (χ1n) is 9.17. The van der Waals surface area contributed by atoms with Crippen molar-refractivity contribution in [2.75, 3.05) is 19.8 Å². The first kappa shape index (κ1) is 21.7. The van der Waals surface area contributed by atoms with Gasteiger partial charge in [-0.25, -0.2) is 0 Å². The molecule has 1 atom stereocenters. The molecule has 0 saturated heterocycles. The maximum atomic E-state index is 12.4. The second-order valence-corrected chi connectivity index (χ2v) is 5.89. The molecule has 3 N–H and O–H groups in total. The Bertz CT molecular complexity index is 854. The number of nitrogens with one attached hydrogen (secondary N) is 1. The first-order valence-corrected chi connectivity index (χ1v) is 9.17. The number of nitrogens with two attached hydrogens (primary N) is 1. The van der Waals surface area contributed by atoms with E-state index in [4.69, 9.17) is 19.9 Å². The van der Waals surface area contributed by atoms with Gasteiger partial charge in [0.25, 0.3) is 11.8 Å². The molecule has 0 aromatic heterocycles. The number of hydrogen-bond acceptors (Lipinski definition) is 6. The molecule has 0 aliphatic rings. The maximum Gasteiger partial charge on any atom is 0.326 e. The fourth-order valence-corrected chi connectivity index (χ4v) is 2.54. The van der Waals surface area contributed by atoms with E-state index in [2.05, 4.69) is 5.32 Å². The summed E-state index contributed by atoms with van der Waals surface area (Å²) in [5.74, 6) is -1.13. The number of hydrogen-bond donors (Lipinski definition) is 2. The molecule has 8 nitrogen and oxygen atoms in total. The SMILES string of the molecule is CCOc1ccc(C(=O)NCC(=O)OC(C(N)=O)c2ccccc2)cc1OCC. The highest BCUT2D eigenvalue weighted by molar-refractivity contribution is 5.96. The van der Waals surface area contributed by atoms with E-state index in [-0.39, 0.29) is 0 Å². The van der Waals surface area contributed by atoms with Gasteiger partial charge in [-0.15, -0.1) is 0 Å². The van der Waals surface area contributed by atoms with Gasteiger partial charge >= 0.3 is 5.97 Å². The van der Waals surface area contributed by atoms with Crippen LogP contribution < -0.4 is 20.5 Å². The van der Waals surface area contributed by atoms with Crippen LogP contribution in [0, 0.1) is 0 Å². The summed E-state index contributed by atoms with van der Waals surface area (Å²) in [4.78, 5) is 36.1. The van der Waals surface area contributed by atoms with Crippen LogP contribution in [0.4, 0.5) is 0 Å². The highest BCUT2D eigenvalue weighted by atomic mass is 16.5. The van der Waals surface area contributed by atoms with E-state index in [1.807, 2.05) is 13.8 Å². The van der Waals surface area contributed by atoms with Crippen molar-refractivity contribution in [2.24, 2.45) is 5.73 Å². The zero-order valence-corrected chi connectivity index (χ0v) is 16.3. The zero-order chi connectivity index (χ0) is 21.2. The molecule has 2 aromatic carbocycles. The van der Waals surface area contributed by atoms with Crippen LogP contribution in [0.1, 0.15) is 35.9 Å². The highest BCUT2D eigenvalue weighted by Crippen LogP contribution is 2.28. The largest absolute Gasteiger partial charge is 0.490 e. The molecule has 0 spiro atoms.